The first-order valence-electron chi connectivity index (χ1n) is 9.38. The van der Waals surface area contributed by atoms with E-state index in [4.69, 9.17) is 4.74 Å². The Kier molecular flexibility index (Phi) is 6.36. The fourth-order valence-corrected chi connectivity index (χ4v) is 4.50. The summed E-state index contributed by atoms with van der Waals surface area (Å²) >= 11 is 0. The lowest BCUT2D eigenvalue weighted by Crippen LogP contribution is -2.21. The molecular formula is C20H20F3N5O4S. The number of pyridine rings is 1. The number of aryl methyl sites for hydroxylation is 3. The molecule has 0 aliphatic rings. The maximum atomic E-state index is 13.3. The number of alkyl halides is 3. The van der Waals surface area contributed by atoms with Crippen molar-refractivity contribution in [1.29, 1.82) is 0 Å². The second-order valence-electron chi connectivity index (χ2n) is 7.09. The lowest BCUT2D eigenvalue weighted by atomic mass is 10.1. The average molecular weight is 483 g/mol. The third-order valence-electron chi connectivity index (χ3n) is 4.73. The van der Waals surface area contributed by atoms with Gasteiger partial charge >= 0.3 is 6.18 Å². The van der Waals surface area contributed by atoms with E-state index in [1.807, 2.05) is 0 Å². The number of carbonyl (C=O) groups is 1. The highest BCUT2D eigenvalue weighted by molar-refractivity contribution is 7.92. The van der Waals surface area contributed by atoms with Gasteiger partial charge in [0.05, 0.1) is 36.4 Å². The molecule has 0 aliphatic heterocycles. The fraction of sp³-hybridized carbons (Fsp3) is 0.250. The summed E-state index contributed by atoms with van der Waals surface area (Å²) in [5.41, 5.74) is -0.416. The van der Waals surface area contributed by atoms with Gasteiger partial charge in [0.1, 0.15) is 0 Å². The summed E-state index contributed by atoms with van der Waals surface area (Å²) in [6, 6.07) is 6.27. The number of hydrogen-bond donors (Lipinski definition) is 2. The van der Waals surface area contributed by atoms with Crippen LogP contribution in [0.25, 0.3) is 0 Å². The third-order valence-corrected chi connectivity index (χ3v) is 6.07. The number of ether oxygens (including phenoxy) is 1. The largest absolute Gasteiger partial charge is 0.480 e. The summed E-state index contributed by atoms with van der Waals surface area (Å²) in [5, 5.41) is 5.72. The molecule has 2 aromatic heterocycles. The van der Waals surface area contributed by atoms with Gasteiger partial charge in [0, 0.05) is 7.05 Å². The van der Waals surface area contributed by atoms with Crippen molar-refractivity contribution in [2.45, 2.75) is 24.9 Å². The first kappa shape index (κ1) is 24.0. The highest BCUT2D eigenvalue weighted by Crippen LogP contribution is 2.33. The zero-order valence-electron chi connectivity index (χ0n) is 18.0. The highest BCUT2D eigenvalue weighted by Gasteiger charge is 2.39. The zero-order chi connectivity index (χ0) is 24.6. The summed E-state index contributed by atoms with van der Waals surface area (Å²) in [6.07, 6.45) is -2.98. The number of sulfonamides is 1. The minimum Gasteiger partial charge on any atom is -0.480 e. The first-order chi connectivity index (χ1) is 15.3. The molecule has 2 heterocycles. The Labute approximate surface area is 187 Å². The molecule has 1 aromatic carbocycles. The van der Waals surface area contributed by atoms with Crippen LogP contribution in [0.2, 0.25) is 0 Å². The number of benzene rings is 1. The van der Waals surface area contributed by atoms with Crippen molar-refractivity contribution in [3.63, 3.8) is 0 Å². The number of carbonyl (C=O) groups excluding carboxylic acids is 1. The molecule has 0 unspecified atom stereocenters. The van der Waals surface area contributed by atoms with Crippen molar-refractivity contribution in [3.8, 4) is 5.88 Å². The lowest BCUT2D eigenvalue weighted by molar-refractivity contribution is -0.144. The van der Waals surface area contributed by atoms with E-state index in [2.05, 4.69) is 20.1 Å². The number of nitrogens with zero attached hydrogens (tertiary/aromatic N) is 3. The minimum atomic E-state index is -4.82. The molecule has 3 rings (SSSR count). The third kappa shape index (κ3) is 4.92. The average Bonchev–Trinajstić information content (AvgIpc) is 3.13. The lowest BCUT2D eigenvalue weighted by Gasteiger charge is -2.15. The van der Waals surface area contributed by atoms with Crippen molar-refractivity contribution in [2.75, 3.05) is 17.1 Å². The Bertz CT molecular complexity index is 1300. The summed E-state index contributed by atoms with van der Waals surface area (Å²) < 4.78 is 74.0. The topological polar surface area (TPSA) is 115 Å². The van der Waals surface area contributed by atoms with Crippen molar-refractivity contribution in [2.24, 2.45) is 7.05 Å². The van der Waals surface area contributed by atoms with E-state index < -0.39 is 38.3 Å². The van der Waals surface area contributed by atoms with Gasteiger partial charge in [-0.05, 0) is 31.0 Å². The van der Waals surface area contributed by atoms with Crippen LogP contribution >= 0.6 is 0 Å². The second-order valence-corrected chi connectivity index (χ2v) is 8.74. The van der Waals surface area contributed by atoms with Crippen LogP contribution in [-0.4, -0.2) is 36.2 Å². The van der Waals surface area contributed by atoms with Crippen LogP contribution in [0.15, 0.2) is 41.6 Å². The van der Waals surface area contributed by atoms with Crippen LogP contribution in [0.5, 0.6) is 5.88 Å². The van der Waals surface area contributed by atoms with E-state index >= 15 is 0 Å². The SMILES string of the molecule is COc1ncc(NC(=O)c2cnn(C)c2C(F)(F)F)cc1S(=O)(=O)Nc1c(C)cccc1C. The van der Waals surface area contributed by atoms with Gasteiger partial charge < -0.3 is 10.1 Å². The number of aromatic nitrogens is 3. The number of para-hydroxylation sites is 1. The molecule has 0 spiro atoms. The number of anilines is 2. The number of nitrogens with one attached hydrogen (secondary N) is 2. The van der Waals surface area contributed by atoms with E-state index in [0.717, 1.165) is 25.5 Å². The normalized spacial score (nSPS) is 11.8. The molecule has 3 aromatic rings. The maximum Gasteiger partial charge on any atom is 0.433 e. The number of rotatable bonds is 6. The molecule has 33 heavy (non-hydrogen) atoms. The Balaban J connectivity index is 1.97. The molecule has 0 saturated carbocycles. The molecular weight excluding hydrogens is 463 g/mol. The molecule has 1 amide bonds. The molecule has 0 saturated heterocycles. The van der Waals surface area contributed by atoms with Gasteiger partial charge in [0.25, 0.3) is 15.9 Å². The predicted molar refractivity (Wildman–Crippen MR) is 114 cm³/mol. The van der Waals surface area contributed by atoms with Gasteiger partial charge in [-0.2, -0.15) is 18.3 Å². The van der Waals surface area contributed by atoms with Crippen LogP contribution in [0.3, 0.4) is 0 Å². The minimum absolute atomic E-state index is 0.153. The molecule has 0 radical (unpaired) electrons. The molecule has 0 atom stereocenters. The summed E-state index contributed by atoms with van der Waals surface area (Å²) in [5.74, 6) is -1.39. The molecule has 2 N–H and O–H groups in total. The van der Waals surface area contributed by atoms with Crippen molar-refractivity contribution < 1.29 is 31.1 Å². The number of halogens is 3. The van der Waals surface area contributed by atoms with E-state index in [9.17, 15) is 26.4 Å². The first-order valence-corrected chi connectivity index (χ1v) is 10.9. The van der Waals surface area contributed by atoms with Gasteiger partial charge in [0.2, 0.25) is 5.88 Å². The summed E-state index contributed by atoms with van der Waals surface area (Å²) in [6.45, 7) is 3.45. The van der Waals surface area contributed by atoms with Crippen LogP contribution in [0.1, 0.15) is 27.2 Å². The summed E-state index contributed by atoms with van der Waals surface area (Å²) in [7, 11) is -1.97. The van der Waals surface area contributed by atoms with Crippen LogP contribution in [0, 0.1) is 13.8 Å². The van der Waals surface area contributed by atoms with E-state index in [0.29, 0.717) is 21.5 Å². The molecule has 0 bridgehead atoms. The van der Waals surface area contributed by atoms with Crippen molar-refractivity contribution in [1.82, 2.24) is 14.8 Å². The van der Waals surface area contributed by atoms with Crippen LogP contribution in [-0.2, 0) is 23.2 Å². The molecule has 0 aliphatic carbocycles. The molecule has 9 nitrogen and oxygen atoms in total. The molecule has 0 fully saturated rings. The molecule has 176 valence electrons. The summed E-state index contributed by atoms with van der Waals surface area (Å²) in [4.78, 5) is 16.0. The number of hydrogen-bond acceptors (Lipinski definition) is 6. The Hall–Kier alpha value is -3.61. The van der Waals surface area contributed by atoms with E-state index in [-0.39, 0.29) is 11.6 Å². The predicted octanol–water partition coefficient (Wildman–Crippen LogP) is 3.51. The van der Waals surface area contributed by atoms with E-state index in [1.165, 1.54) is 7.11 Å². The van der Waals surface area contributed by atoms with Crippen molar-refractivity contribution in [3.05, 3.63) is 59.0 Å². The quantitative estimate of drug-likeness (QED) is 0.555. The van der Waals surface area contributed by atoms with Gasteiger partial charge in [-0.25, -0.2) is 13.4 Å². The van der Waals surface area contributed by atoms with Gasteiger partial charge in [0.15, 0.2) is 10.6 Å². The smallest absolute Gasteiger partial charge is 0.433 e. The van der Waals surface area contributed by atoms with Gasteiger partial charge in [-0.3, -0.25) is 14.2 Å². The number of amides is 1. The monoisotopic (exact) mass is 483 g/mol. The van der Waals surface area contributed by atoms with Crippen LogP contribution < -0.4 is 14.8 Å². The highest BCUT2D eigenvalue weighted by atomic mass is 32.2. The second kappa shape index (κ2) is 8.73. The standard InChI is InChI=1S/C20H20F3N5O4S/c1-11-6-5-7-12(2)16(11)27-33(30,31)15-8-13(9-24-19(15)32-4)26-18(29)14-10-25-28(3)17(14)20(21,22)23/h5-10,27H,1-4H3,(H,26,29). The Morgan fingerprint density at radius 1 is 1.15 bits per heavy atom. The Morgan fingerprint density at radius 3 is 2.36 bits per heavy atom. The molecule has 13 heteroatoms. The van der Waals surface area contributed by atoms with Gasteiger partial charge in [-0.15, -0.1) is 0 Å². The van der Waals surface area contributed by atoms with Crippen LogP contribution in [0.4, 0.5) is 24.5 Å². The fourth-order valence-electron chi connectivity index (χ4n) is 3.15. The maximum absolute atomic E-state index is 13.3. The van der Waals surface area contributed by atoms with Gasteiger partial charge in [-0.1, -0.05) is 18.2 Å². The Morgan fingerprint density at radius 2 is 1.79 bits per heavy atom. The van der Waals surface area contributed by atoms with E-state index in [1.54, 1.807) is 32.0 Å². The number of methoxy groups -OCH3 is 1. The zero-order valence-corrected chi connectivity index (χ0v) is 18.8. The van der Waals surface area contributed by atoms with Crippen molar-refractivity contribution >= 4 is 27.3 Å².